The predicted octanol–water partition coefficient (Wildman–Crippen LogP) is 6.26. The van der Waals surface area contributed by atoms with Crippen molar-refractivity contribution in [3.8, 4) is 5.75 Å². The molecule has 0 saturated carbocycles. The molecule has 1 aliphatic rings. The highest BCUT2D eigenvalue weighted by Gasteiger charge is 2.48. The molecule has 1 fully saturated rings. The van der Waals surface area contributed by atoms with Gasteiger partial charge in [-0.3, -0.25) is 14.5 Å². The largest absolute Gasteiger partial charge is 0.507 e. The molecule has 1 amide bonds. The van der Waals surface area contributed by atoms with E-state index in [0.717, 1.165) is 5.56 Å². The summed E-state index contributed by atoms with van der Waals surface area (Å²) in [7, 11) is 0. The van der Waals surface area contributed by atoms with Crippen molar-refractivity contribution in [3.63, 3.8) is 0 Å². The number of amides is 1. The molecule has 4 rings (SSSR count). The van der Waals surface area contributed by atoms with Gasteiger partial charge in [-0.1, -0.05) is 38.4 Å². The average molecular weight is 480 g/mol. The Morgan fingerprint density at radius 1 is 1.12 bits per heavy atom. The molecule has 1 saturated heterocycles. The van der Waals surface area contributed by atoms with Crippen LogP contribution in [0, 0.1) is 0 Å². The van der Waals surface area contributed by atoms with Gasteiger partial charge in [-0.2, -0.15) is 0 Å². The lowest BCUT2D eigenvalue weighted by Gasteiger charge is -2.25. The van der Waals surface area contributed by atoms with E-state index in [-0.39, 0.29) is 16.7 Å². The number of nitrogens with zero attached hydrogens (tertiary/aromatic N) is 1. The maximum absolute atomic E-state index is 13.2. The van der Waals surface area contributed by atoms with Gasteiger partial charge >= 0.3 is 0 Å². The number of aliphatic hydroxyl groups is 1. The maximum atomic E-state index is 13.2. The van der Waals surface area contributed by atoms with E-state index in [0.29, 0.717) is 34.4 Å². The lowest BCUT2D eigenvalue weighted by atomic mass is 9.84. The standard InChI is InChI=1S/C27H26ClNO5/c1-5-33-20-12-11-16(14-19(20)27(2,3)4)24(30)22-23(21-10-7-13-34-21)29(26(32)25(22)31)18-9-6-8-17(28)15-18/h6-15,23,30H,5H2,1-4H3/b24-22-. The van der Waals surface area contributed by atoms with Gasteiger partial charge in [0.2, 0.25) is 0 Å². The maximum Gasteiger partial charge on any atom is 0.300 e. The van der Waals surface area contributed by atoms with Gasteiger partial charge in [0.15, 0.2) is 0 Å². The third-order valence-electron chi connectivity index (χ3n) is 5.70. The average Bonchev–Trinajstić information content (AvgIpc) is 3.40. The van der Waals surface area contributed by atoms with Gasteiger partial charge in [-0.15, -0.1) is 0 Å². The number of aliphatic hydroxyl groups excluding tert-OH is 1. The molecule has 1 aliphatic heterocycles. The number of benzene rings is 2. The Balaban J connectivity index is 1.92. The molecule has 0 radical (unpaired) electrons. The summed E-state index contributed by atoms with van der Waals surface area (Å²) in [5.74, 6) is -0.800. The SMILES string of the molecule is CCOc1ccc(/C(O)=C2/C(=O)C(=O)N(c3cccc(Cl)c3)C2c2ccco2)cc1C(C)(C)C. The summed E-state index contributed by atoms with van der Waals surface area (Å²) in [6.07, 6.45) is 1.46. The molecule has 2 aromatic carbocycles. The minimum absolute atomic E-state index is 0.0519. The normalized spacial score (nSPS) is 17.9. The number of hydrogen-bond acceptors (Lipinski definition) is 5. The van der Waals surface area contributed by atoms with E-state index in [1.807, 2.05) is 27.7 Å². The van der Waals surface area contributed by atoms with Crippen LogP contribution in [0.2, 0.25) is 5.02 Å². The fourth-order valence-corrected chi connectivity index (χ4v) is 4.33. The number of rotatable bonds is 5. The minimum Gasteiger partial charge on any atom is -0.507 e. The predicted molar refractivity (Wildman–Crippen MR) is 131 cm³/mol. The number of ketones is 1. The second-order valence-corrected chi connectivity index (χ2v) is 9.49. The van der Waals surface area contributed by atoms with Gasteiger partial charge in [-0.25, -0.2) is 0 Å². The van der Waals surface area contributed by atoms with Crippen molar-refractivity contribution < 1.29 is 23.8 Å². The highest BCUT2D eigenvalue weighted by atomic mass is 35.5. The number of carbonyl (C=O) groups is 2. The van der Waals surface area contributed by atoms with E-state index in [1.54, 1.807) is 54.6 Å². The Labute approximate surface area is 203 Å². The van der Waals surface area contributed by atoms with Gasteiger partial charge in [-0.05, 0) is 60.9 Å². The lowest BCUT2D eigenvalue weighted by molar-refractivity contribution is -0.132. The van der Waals surface area contributed by atoms with Crippen LogP contribution in [-0.2, 0) is 15.0 Å². The minimum atomic E-state index is -0.946. The Morgan fingerprint density at radius 2 is 1.88 bits per heavy atom. The Hall–Kier alpha value is -3.51. The summed E-state index contributed by atoms with van der Waals surface area (Å²) in [5.41, 5.74) is 1.38. The molecule has 34 heavy (non-hydrogen) atoms. The van der Waals surface area contributed by atoms with Crippen LogP contribution in [0.4, 0.5) is 5.69 Å². The van der Waals surface area contributed by atoms with Crippen molar-refractivity contribution in [2.24, 2.45) is 0 Å². The van der Waals surface area contributed by atoms with Crippen LogP contribution in [0.3, 0.4) is 0 Å². The monoisotopic (exact) mass is 479 g/mol. The van der Waals surface area contributed by atoms with Crippen molar-refractivity contribution in [1.82, 2.24) is 0 Å². The molecular weight excluding hydrogens is 454 g/mol. The summed E-state index contributed by atoms with van der Waals surface area (Å²) in [4.78, 5) is 27.7. The second-order valence-electron chi connectivity index (χ2n) is 9.06. The Bertz CT molecular complexity index is 1270. The van der Waals surface area contributed by atoms with E-state index < -0.39 is 17.7 Å². The first-order valence-corrected chi connectivity index (χ1v) is 11.4. The highest BCUT2D eigenvalue weighted by Crippen LogP contribution is 2.43. The van der Waals surface area contributed by atoms with Crippen LogP contribution < -0.4 is 9.64 Å². The molecule has 7 heteroatoms. The molecule has 1 aromatic heterocycles. The van der Waals surface area contributed by atoms with Gasteiger partial charge in [0.05, 0.1) is 18.4 Å². The summed E-state index contributed by atoms with van der Waals surface area (Å²) < 4.78 is 11.4. The van der Waals surface area contributed by atoms with Crippen LogP contribution in [0.15, 0.2) is 70.9 Å². The summed E-state index contributed by atoms with van der Waals surface area (Å²) in [6.45, 7) is 8.51. The van der Waals surface area contributed by atoms with Gasteiger partial charge in [0.25, 0.3) is 11.7 Å². The van der Waals surface area contributed by atoms with Crippen LogP contribution in [-0.4, -0.2) is 23.4 Å². The molecule has 1 unspecified atom stereocenters. The number of halogens is 1. The van der Waals surface area contributed by atoms with Crippen molar-refractivity contribution in [1.29, 1.82) is 0 Å². The van der Waals surface area contributed by atoms with E-state index in [1.165, 1.54) is 11.2 Å². The van der Waals surface area contributed by atoms with E-state index in [9.17, 15) is 14.7 Å². The molecule has 6 nitrogen and oxygen atoms in total. The van der Waals surface area contributed by atoms with Crippen molar-refractivity contribution in [2.75, 3.05) is 11.5 Å². The lowest BCUT2D eigenvalue weighted by Crippen LogP contribution is -2.29. The zero-order chi connectivity index (χ0) is 24.6. The quantitative estimate of drug-likeness (QED) is 0.265. The summed E-state index contributed by atoms with van der Waals surface area (Å²) in [5, 5.41) is 11.8. The molecule has 0 spiro atoms. The van der Waals surface area contributed by atoms with E-state index in [2.05, 4.69) is 0 Å². The molecule has 0 bridgehead atoms. The van der Waals surface area contributed by atoms with Crippen molar-refractivity contribution in [3.05, 3.63) is 88.3 Å². The third kappa shape index (κ3) is 4.21. The van der Waals surface area contributed by atoms with E-state index in [4.69, 9.17) is 20.8 Å². The van der Waals surface area contributed by atoms with Crippen LogP contribution in [0.25, 0.3) is 5.76 Å². The first-order chi connectivity index (χ1) is 16.1. The zero-order valence-corrected chi connectivity index (χ0v) is 20.2. The molecule has 3 aromatic rings. The molecule has 0 aliphatic carbocycles. The zero-order valence-electron chi connectivity index (χ0n) is 19.5. The summed E-state index contributed by atoms with van der Waals surface area (Å²) >= 11 is 6.16. The molecular formula is C27H26ClNO5. The van der Waals surface area contributed by atoms with Gasteiger partial charge < -0.3 is 14.3 Å². The molecule has 2 heterocycles. The van der Waals surface area contributed by atoms with Gasteiger partial charge in [0.1, 0.15) is 23.3 Å². The molecule has 176 valence electrons. The topological polar surface area (TPSA) is 80.0 Å². The third-order valence-corrected chi connectivity index (χ3v) is 5.94. The van der Waals surface area contributed by atoms with E-state index >= 15 is 0 Å². The number of furan rings is 1. The number of hydrogen-bond donors (Lipinski definition) is 1. The molecule has 1 N–H and O–H groups in total. The number of carbonyl (C=O) groups excluding carboxylic acids is 2. The first kappa shape index (κ1) is 23.6. The summed E-state index contributed by atoms with van der Waals surface area (Å²) in [6, 6.07) is 14.3. The van der Waals surface area contributed by atoms with Crippen LogP contribution >= 0.6 is 11.6 Å². The number of Topliss-reactive ketones (excluding diaryl/α,β-unsaturated/α-hetero) is 1. The first-order valence-electron chi connectivity index (χ1n) is 11.0. The number of ether oxygens (including phenoxy) is 1. The van der Waals surface area contributed by atoms with Gasteiger partial charge in [0, 0.05) is 21.8 Å². The fourth-order valence-electron chi connectivity index (χ4n) is 4.14. The van der Waals surface area contributed by atoms with Crippen molar-refractivity contribution in [2.45, 2.75) is 39.2 Å². The van der Waals surface area contributed by atoms with Crippen molar-refractivity contribution >= 4 is 34.7 Å². The number of anilines is 1. The second kappa shape index (κ2) is 9.03. The highest BCUT2D eigenvalue weighted by molar-refractivity contribution is 6.51. The Kier molecular flexibility index (Phi) is 6.28. The fraction of sp³-hybridized carbons (Fsp3) is 0.259. The smallest absolute Gasteiger partial charge is 0.300 e. The molecule has 1 atom stereocenters. The van der Waals surface area contributed by atoms with Crippen LogP contribution in [0.1, 0.15) is 50.6 Å². The Morgan fingerprint density at radius 3 is 2.50 bits per heavy atom. The van der Waals surface area contributed by atoms with Crippen LogP contribution in [0.5, 0.6) is 5.75 Å².